The van der Waals surface area contributed by atoms with Gasteiger partial charge in [-0.05, 0) is 43.9 Å². The van der Waals surface area contributed by atoms with E-state index in [1.165, 1.54) is 32.1 Å². The lowest BCUT2D eigenvalue weighted by atomic mass is 9.85. The Morgan fingerprint density at radius 3 is 2.86 bits per heavy atom. The number of Topliss-reactive ketones (excluding diaryl/α,β-unsaturated/α-hetero) is 1. The van der Waals surface area contributed by atoms with Gasteiger partial charge in [-0.3, -0.25) is 9.69 Å². The second-order valence-electron chi connectivity index (χ2n) is 6.21. The Labute approximate surface area is 136 Å². The van der Waals surface area contributed by atoms with Crippen LogP contribution in [0.15, 0.2) is 18.2 Å². The van der Waals surface area contributed by atoms with Crippen molar-refractivity contribution in [1.29, 1.82) is 0 Å². The van der Waals surface area contributed by atoms with E-state index in [0.29, 0.717) is 28.1 Å². The molecule has 1 aliphatic carbocycles. The highest BCUT2D eigenvalue weighted by Crippen LogP contribution is 2.36. The molecule has 2 fully saturated rings. The zero-order valence-electron chi connectivity index (χ0n) is 12.2. The highest BCUT2D eigenvalue weighted by atomic mass is 35.5. The molecule has 2 unspecified atom stereocenters. The first kappa shape index (κ1) is 15.3. The van der Waals surface area contributed by atoms with Gasteiger partial charge in [-0.15, -0.1) is 0 Å². The van der Waals surface area contributed by atoms with E-state index in [1.807, 2.05) is 0 Å². The summed E-state index contributed by atoms with van der Waals surface area (Å²) in [5.74, 6) is 0.963. The number of carbonyl (C=O) groups is 1. The van der Waals surface area contributed by atoms with Gasteiger partial charge in [0.15, 0.2) is 5.78 Å². The lowest BCUT2D eigenvalue weighted by Crippen LogP contribution is -2.36. The summed E-state index contributed by atoms with van der Waals surface area (Å²) in [6.07, 6.45) is 7.23. The molecule has 3 rings (SSSR count). The van der Waals surface area contributed by atoms with E-state index in [4.69, 9.17) is 23.2 Å². The van der Waals surface area contributed by atoms with Crippen LogP contribution in [0, 0.1) is 5.92 Å². The molecule has 114 valence electrons. The van der Waals surface area contributed by atoms with Gasteiger partial charge in [0.25, 0.3) is 0 Å². The van der Waals surface area contributed by atoms with Crippen molar-refractivity contribution in [2.75, 3.05) is 13.1 Å². The predicted molar refractivity (Wildman–Crippen MR) is 87.3 cm³/mol. The van der Waals surface area contributed by atoms with Crippen molar-refractivity contribution < 1.29 is 4.79 Å². The van der Waals surface area contributed by atoms with Gasteiger partial charge in [-0.1, -0.05) is 42.1 Å². The molecule has 0 spiro atoms. The number of benzene rings is 1. The molecule has 1 aromatic rings. The molecule has 0 bridgehead atoms. The number of ketones is 1. The van der Waals surface area contributed by atoms with Crippen molar-refractivity contribution in [2.24, 2.45) is 5.92 Å². The predicted octanol–water partition coefficient (Wildman–Crippen LogP) is 4.83. The van der Waals surface area contributed by atoms with Crippen molar-refractivity contribution in [2.45, 2.75) is 44.6 Å². The smallest absolute Gasteiger partial charge is 0.165 e. The number of halogens is 2. The van der Waals surface area contributed by atoms with Gasteiger partial charge in [0, 0.05) is 24.6 Å². The van der Waals surface area contributed by atoms with Gasteiger partial charge in [0.2, 0.25) is 0 Å². The Morgan fingerprint density at radius 1 is 1.19 bits per heavy atom. The van der Waals surface area contributed by atoms with Crippen LogP contribution in [0.2, 0.25) is 10.0 Å². The maximum absolute atomic E-state index is 12.4. The van der Waals surface area contributed by atoms with E-state index in [-0.39, 0.29) is 5.78 Å². The van der Waals surface area contributed by atoms with E-state index in [1.54, 1.807) is 18.2 Å². The minimum atomic E-state index is 0.0989. The second kappa shape index (κ2) is 6.68. The molecule has 1 aromatic carbocycles. The van der Waals surface area contributed by atoms with Crippen LogP contribution in [0.4, 0.5) is 0 Å². The summed E-state index contributed by atoms with van der Waals surface area (Å²) in [7, 11) is 0. The minimum absolute atomic E-state index is 0.0989. The van der Waals surface area contributed by atoms with Crippen molar-refractivity contribution in [3.8, 4) is 0 Å². The molecular formula is C17H21Cl2NO. The third kappa shape index (κ3) is 3.28. The third-order valence-electron chi connectivity index (χ3n) is 5.00. The summed E-state index contributed by atoms with van der Waals surface area (Å²) < 4.78 is 0. The Bertz CT molecular complexity index is 532. The number of likely N-dealkylation sites (tertiary alicyclic amines) is 1. The van der Waals surface area contributed by atoms with E-state index in [2.05, 4.69) is 4.90 Å². The Morgan fingerprint density at radius 2 is 2.00 bits per heavy atom. The number of hydrogen-bond acceptors (Lipinski definition) is 2. The molecule has 1 saturated heterocycles. The van der Waals surface area contributed by atoms with Gasteiger partial charge < -0.3 is 0 Å². The number of hydrogen-bond donors (Lipinski definition) is 0. The number of carbonyl (C=O) groups excluding carboxylic acids is 1. The topological polar surface area (TPSA) is 20.3 Å². The van der Waals surface area contributed by atoms with E-state index in [0.717, 1.165) is 19.0 Å². The van der Waals surface area contributed by atoms with Crippen LogP contribution in [0.1, 0.15) is 48.9 Å². The van der Waals surface area contributed by atoms with E-state index < -0.39 is 0 Å². The Balaban J connectivity index is 1.60. The molecule has 2 atom stereocenters. The largest absolute Gasteiger partial charge is 0.300 e. The second-order valence-corrected chi connectivity index (χ2v) is 7.00. The van der Waals surface area contributed by atoms with Crippen LogP contribution in [0.25, 0.3) is 0 Å². The Kier molecular flexibility index (Phi) is 4.88. The molecule has 1 heterocycles. The molecular weight excluding hydrogens is 305 g/mol. The van der Waals surface area contributed by atoms with Crippen molar-refractivity contribution >= 4 is 29.0 Å². The quantitative estimate of drug-likeness (QED) is 0.739. The van der Waals surface area contributed by atoms with Crippen LogP contribution in [-0.4, -0.2) is 29.8 Å². The fourth-order valence-corrected chi connectivity index (χ4v) is 4.29. The van der Waals surface area contributed by atoms with Crippen LogP contribution in [0.5, 0.6) is 0 Å². The van der Waals surface area contributed by atoms with Gasteiger partial charge in [-0.2, -0.15) is 0 Å². The third-order valence-corrected chi connectivity index (χ3v) is 5.82. The maximum Gasteiger partial charge on any atom is 0.165 e. The first-order valence-corrected chi connectivity index (χ1v) is 8.63. The minimum Gasteiger partial charge on any atom is -0.300 e. The highest BCUT2D eigenvalue weighted by Gasteiger charge is 2.35. The first-order chi connectivity index (χ1) is 10.2. The van der Waals surface area contributed by atoms with Gasteiger partial charge >= 0.3 is 0 Å². The van der Waals surface area contributed by atoms with Crippen LogP contribution in [0.3, 0.4) is 0 Å². The molecule has 0 radical (unpaired) electrons. The summed E-state index contributed by atoms with van der Waals surface area (Å²) in [6, 6.07) is 5.98. The fourth-order valence-electron chi connectivity index (χ4n) is 3.88. The first-order valence-electron chi connectivity index (χ1n) is 7.88. The number of rotatable bonds is 4. The van der Waals surface area contributed by atoms with Crippen molar-refractivity contribution in [3.63, 3.8) is 0 Å². The molecule has 4 heteroatoms. The van der Waals surface area contributed by atoms with E-state index >= 15 is 0 Å². The number of fused-ring (bicyclic) bond motifs is 1. The fraction of sp³-hybridized carbons (Fsp3) is 0.588. The standard InChI is InChI=1S/C17H21Cl2NO/c18-14-6-3-5-13(17(14)19)16(21)9-11-20-10-8-12-4-1-2-7-15(12)20/h3,5-6,12,15H,1-2,4,7-11H2. The Hall–Kier alpha value is -0.570. The van der Waals surface area contributed by atoms with Crippen LogP contribution < -0.4 is 0 Å². The van der Waals surface area contributed by atoms with Crippen molar-refractivity contribution in [3.05, 3.63) is 33.8 Å². The van der Waals surface area contributed by atoms with Crippen LogP contribution in [-0.2, 0) is 0 Å². The van der Waals surface area contributed by atoms with Crippen molar-refractivity contribution in [1.82, 2.24) is 4.90 Å². The summed E-state index contributed by atoms with van der Waals surface area (Å²) in [6.45, 7) is 1.99. The molecule has 0 N–H and O–H groups in total. The van der Waals surface area contributed by atoms with E-state index in [9.17, 15) is 4.79 Å². The summed E-state index contributed by atoms with van der Waals surface area (Å²) in [4.78, 5) is 14.9. The normalized spacial score (nSPS) is 25.8. The molecule has 0 aromatic heterocycles. The lowest BCUT2D eigenvalue weighted by molar-refractivity contribution is 0.0951. The lowest BCUT2D eigenvalue weighted by Gasteiger charge is -2.31. The average molecular weight is 326 g/mol. The molecule has 2 aliphatic rings. The summed E-state index contributed by atoms with van der Waals surface area (Å²) in [5, 5.41) is 0.845. The van der Waals surface area contributed by atoms with Gasteiger partial charge in [-0.25, -0.2) is 0 Å². The zero-order chi connectivity index (χ0) is 14.8. The van der Waals surface area contributed by atoms with Crippen LogP contribution >= 0.6 is 23.2 Å². The molecule has 1 aliphatic heterocycles. The zero-order valence-corrected chi connectivity index (χ0v) is 13.7. The maximum atomic E-state index is 12.4. The monoisotopic (exact) mass is 325 g/mol. The number of nitrogens with zero attached hydrogens (tertiary/aromatic N) is 1. The highest BCUT2D eigenvalue weighted by molar-refractivity contribution is 6.43. The van der Waals surface area contributed by atoms with Gasteiger partial charge in [0.1, 0.15) is 0 Å². The SMILES string of the molecule is O=C(CCN1CCC2CCCCC21)c1cccc(Cl)c1Cl. The molecule has 2 nitrogen and oxygen atoms in total. The molecule has 1 saturated carbocycles. The molecule has 21 heavy (non-hydrogen) atoms. The average Bonchev–Trinajstić information content (AvgIpc) is 2.91. The summed E-state index contributed by atoms with van der Waals surface area (Å²) in [5.41, 5.74) is 0.559. The summed E-state index contributed by atoms with van der Waals surface area (Å²) >= 11 is 12.1. The van der Waals surface area contributed by atoms with Gasteiger partial charge in [0.05, 0.1) is 10.0 Å². The molecule has 0 amide bonds.